The topological polar surface area (TPSA) is 90.7 Å². The summed E-state index contributed by atoms with van der Waals surface area (Å²) >= 11 is 0. The molecule has 5 rings (SSSR count). The maximum atomic E-state index is 13.6. The second-order valence-electron chi connectivity index (χ2n) is 9.08. The monoisotopic (exact) mass is 483 g/mol. The van der Waals surface area contributed by atoms with Crippen LogP contribution in [0.1, 0.15) is 22.8 Å². The first-order chi connectivity index (χ1) is 17.6. The molecule has 2 aliphatic rings. The first-order valence-corrected chi connectivity index (χ1v) is 12.2. The van der Waals surface area contributed by atoms with E-state index in [0.717, 1.165) is 36.8 Å². The predicted molar refractivity (Wildman–Crippen MR) is 138 cm³/mol. The number of nitriles is 1. The van der Waals surface area contributed by atoms with Crippen LogP contribution in [-0.2, 0) is 0 Å². The third-order valence-corrected chi connectivity index (χ3v) is 6.68. The summed E-state index contributed by atoms with van der Waals surface area (Å²) in [6.45, 7) is 6.23. The van der Waals surface area contributed by atoms with Gasteiger partial charge in [0.2, 0.25) is 0 Å². The fourth-order valence-electron chi connectivity index (χ4n) is 4.74. The SMILES string of the molecule is C[C@H](CN(C(=O)c1ccc(C#N)cc1)c1ccccn1)C1CN(c2cccc3c2OCCO3)CCN1. The minimum absolute atomic E-state index is 0.133. The van der Waals surface area contributed by atoms with Crippen molar-refractivity contribution >= 4 is 17.4 Å². The highest BCUT2D eigenvalue weighted by atomic mass is 16.6. The van der Waals surface area contributed by atoms with Gasteiger partial charge in [-0.3, -0.25) is 9.69 Å². The van der Waals surface area contributed by atoms with E-state index in [1.165, 1.54) is 0 Å². The number of hydrogen-bond acceptors (Lipinski definition) is 7. The number of hydrogen-bond donors (Lipinski definition) is 1. The highest BCUT2D eigenvalue weighted by Crippen LogP contribution is 2.40. The maximum absolute atomic E-state index is 13.6. The second kappa shape index (κ2) is 10.7. The fourth-order valence-corrected chi connectivity index (χ4v) is 4.74. The Hall–Kier alpha value is -4.09. The molecular formula is C28H29N5O3. The van der Waals surface area contributed by atoms with E-state index in [4.69, 9.17) is 14.7 Å². The largest absolute Gasteiger partial charge is 0.486 e. The first kappa shape index (κ1) is 23.6. The van der Waals surface area contributed by atoms with Gasteiger partial charge in [0.1, 0.15) is 19.0 Å². The summed E-state index contributed by atoms with van der Waals surface area (Å²) in [4.78, 5) is 22.1. The van der Waals surface area contributed by atoms with E-state index in [-0.39, 0.29) is 17.9 Å². The molecule has 0 aliphatic carbocycles. The van der Waals surface area contributed by atoms with E-state index >= 15 is 0 Å². The number of carbonyl (C=O) groups excluding carboxylic acids is 1. The lowest BCUT2D eigenvalue weighted by molar-refractivity contribution is 0.0980. The Kier molecular flexibility index (Phi) is 7.01. The van der Waals surface area contributed by atoms with Crippen molar-refractivity contribution in [1.29, 1.82) is 5.26 Å². The van der Waals surface area contributed by atoms with Gasteiger partial charge in [0, 0.05) is 44.0 Å². The summed E-state index contributed by atoms with van der Waals surface area (Å²) < 4.78 is 11.7. The van der Waals surface area contributed by atoms with E-state index in [0.29, 0.717) is 36.7 Å². The van der Waals surface area contributed by atoms with Gasteiger partial charge in [0.05, 0.1) is 17.3 Å². The average molecular weight is 484 g/mol. The van der Waals surface area contributed by atoms with Crippen LogP contribution in [0.15, 0.2) is 66.9 Å². The number of benzene rings is 2. The lowest BCUT2D eigenvalue weighted by Gasteiger charge is -2.40. The van der Waals surface area contributed by atoms with Crippen molar-refractivity contribution in [2.45, 2.75) is 13.0 Å². The fraction of sp³-hybridized carbons (Fsp3) is 0.321. The second-order valence-corrected chi connectivity index (χ2v) is 9.08. The Labute approximate surface area is 211 Å². The lowest BCUT2D eigenvalue weighted by Crippen LogP contribution is -2.55. The molecule has 8 heteroatoms. The van der Waals surface area contributed by atoms with Crippen molar-refractivity contribution in [2.75, 3.05) is 49.2 Å². The molecule has 1 saturated heterocycles. The Morgan fingerprint density at radius 1 is 1.17 bits per heavy atom. The molecule has 1 unspecified atom stereocenters. The summed E-state index contributed by atoms with van der Waals surface area (Å²) in [5, 5.41) is 12.7. The summed E-state index contributed by atoms with van der Waals surface area (Å²) in [6, 6.07) is 20.6. The van der Waals surface area contributed by atoms with Crippen molar-refractivity contribution in [3.63, 3.8) is 0 Å². The van der Waals surface area contributed by atoms with Gasteiger partial charge in [-0.2, -0.15) is 5.26 Å². The Morgan fingerprint density at radius 2 is 2.00 bits per heavy atom. The molecule has 0 spiro atoms. The van der Waals surface area contributed by atoms with Gasteiger partial charge in [0.25, 0.3) is 5.91 Å². The van der Waals surface area contributed by atoms with Crippen LogP contribution < -0.4 is 24.6 Å². The molecular weight excluding hydrogens is 454 g/mol. The maximum Gasteiger partial charge on any atom is 0.259 e. The average Bonchev–Trinajstić information content (AvgIpc) is 2.95. The molecule has 3 heterocycles. The summed E-state index contributed by atoms with van der Waals surface area (Å²) in [6.07, 6.45) is 1.69. The number of amides is 1. The lowest BCUT2D eigenvalue weighted by atomic mass is 9.97. The number of nitrogens with one attached hydrogen (secondary N) is 1. The Morgan fingerprint density at radius 3 is 2.78 bits per heavy atom. The zero-order chi connectivity index (χ0) is 24.9. The number of rotatable bonds is 6. The normalized spacial score (nSPS) is 17.7. The molecule has 36 heavy (non-hydrogen) atoms. The standard InChI is InChI=1S/C28H29N5O3/c1-20(23-19-32(14-13-30-23)24-5-4-6-25-27(24)36-16-15-35-25)18-33(26-7-2-3-12-31-26)28(34)22-10-8-21(17-29)9-11-22/h2-12,20,23,30H,13-16,18-19H2,1H3/t20-,23?/m1/s1. The summed E-state index contributed by atoms with van der Waals surface area (Å²) in [7, 11) is 0. The van der Waals surface area contributed by atoms with Crippen molar-refractivity contribution in [3.8, 4) is 17.6 Å². The molecule has 1 fully saturated rings. The van der Waals surface area contributed by atoms with Crippen LogP contribution in [-0.4, -0.2) is 56.3 Å². The van der Waals surface area contributed by atoms with E-state index in [9.17, 15) is 4.79 Å². The van der Waals surface area contributed by atoms with Crippen LogP contribution in [0.4, 0.5) is 11.5 Å². The molecule has 0 bridgehead atoms. The van der Waals surface area contributed by atoms with Crippen molar-refractivity contribution in [3.05, 3.63) is 78.0 Å². The quantitative estimate of drug-likeness (QED) is 0.574. The number of carbonyl (C=O) groups is 1. The molecule has 0 radical (unpaired) electrons. The first-order valence-electron chi connectivity index (χ1n) is 12.2. The molecule has 2 aliphatic heterocycles. The number of para-hydroxylation sites is 1. The molecule has 1 aromatic heterocycles. The number of nitrogens with zero attached hydrogens (tertiary/aromatic N) is 4. The molecule has 2 atom stereocenters. The van der Waals surface area contributed by atoms with E-state index in [1.807, 2.05) is 30.3 Å². The van der Waals surface area contributed by atoms with Crippen molar-refractivity contribution in [2.24, 2.45) is 5.92 Å². The third kappa shape index (κ3) is 4.97. The number of anilines is 2. The summed E-state index contributed by atoms with van der Waals surface area (Å²) in [5.41, 5.74) is 2.09. The number of piperazine rings is 1. The molecule has 3 aromatic rings. The molecule has 184 valence electrons. The minimum atomic E-state index is -0.139. The number of aromatic nitrogens is 1. The zero-order valence-electron chi connectivity index (χ0n) is 20.3. The van der Waals surface area contributed by atoms with Crippen LogP contribution in [0.5, 0.6) is 11.5 Å². The predicted octanol–water partition coefficient (Wildman–Crippen LogP) is 3.49. The van der Waals surface area contributed by atoms with Gasteiger partial charge in [-0.25, -0.2) is 4.98 Å². The number of pyridine rings is 1. The van der Waals surface area contributed by atoms with E-state index < -0.39 is 0 Å². The Balaban J connectivity index is 1.35. The van der Waals surface area contributed by atoms with Gasteiger partial charge < -0.3 is 19.7 Å². The smallest absolute Gasteiger partial charge is 0.259 e. The molecule has 2 aromatic carbocycles. The van der Waals surface area contributed by atoms with E-state index in [2.05, 4.69) is 34.3 Å². The zero-order valence-corrected chi connectivity index (χ0v) is 20.3. The Bertz CT molecular complexity index is 1240. The molecule has 8 nitrogen and oxygen atoms in total. The van der Waals surface area contributed by atoms with Crippen LogP contribution >= 0.6 is 0 Å². The van der Waals surface area contributed by atoms with Crippen LogP contribution in [0.2, 0.25) is 0 Å². The third-order valence-electron chi connectivity index (χ3n) is 6.68. The van der Waals surface area contributed by atoms with Crippen molar-refractivity contribution < 1.29 is 14.3 Å². The van der Waals surface area contributed by atoms with Crippen LogP contribution in [0.25, 0.3) is 0 Å². The number of fused-ring (bicyclic) bond motifs is 1. The van der Waals surface area contributed by atoms with Gasteiger partial charge in [-0.15, -0.1) is 0 Å². The highest BCUT2D eigenvalue weighted by Gasteiger charge is 2.30. The minimum Gasteiger partial charge on any atom is -0.486 e. The molecule has 1 N–H and O–H groups in total. The van der Waals surface area contributed by atoms with Crippen LogP contribution in [0, 0.1) is 17.2 Å². The molecule has 1 amide bonds. The van der Waals surface area contributed by atoms with Crippen molar-refractivity contribution in [1.82, 2.24) is 10.3 Å². The van der Waals surface area contributed by atoms with E-state index in [1.54, 1.807) is 35.4 Å². The van der Waals surface area contributed by atoms with Gasteiger partial charge in [-0.1, -0.05) is 19.1 Å². The van der Waals surface area contributed by atoms with Gasteiger partial charge >= 0.3 is 0 Å². The summed E-state index contributed by atoms with van der Waals surface area (Å²) in [5.74, 6) is 2.20. The van der Waals surface area contributed by atoms with Gasteiger partial charge in [-0.05, 0) is 54.4 Å². The van der Waals surface area contributed by atoms with Crippen LogP contribution in [0.3, 0.4) is 0 Å². The van der Waals surface area contributed by atoms with Gasteiger partial charge in [0.15, 0.2) is 11.5 Å². The number of ether oxygens (including phenoxy) is 2. The molecule has 0 saturated carbocycles. The highest BCUT2D eigenvalue weighted by molar-refractivity contribution is 6.05.